The highest BCUT2D eigenvalue weighted by Gasteiger charge is 2.22. The van der Waals surface area contributed by atoms with Crippen molar-refractivity contribution in [2.45, 2.75) is 58.3 Å². The zero-order chi connectivity index (χ0) is 14.5. The molecule has 0 amide bonds. The number of aliphatic carboxylic acids is 1. The molecule has 0 atom stereocenters. The van der Waals surface area contributed by atoms with E-state index in [1.54, 1.807) is 0 Å². The number of aliphatic imine (C=N–C) groups is 1. The smallest absolute Gasteiger partial charge is 0.352 e. The second-order valence-corrected chi connectivity index (χ2v) is 6.29. The normalized spacial score (nSPS) is 31.6. The van der Waals surface area contributed by atoms with Gasteiger partial charge >= 0.3 is 5.97 Å². The van der Waals surface area contributed by atoms with Crippen LogP contribution in [0.1, 0.15) is 58.3 Å². The third-order valence-electron chi connectivity index (χ3n) is 4.72. The summed E-state index contributed by atoms with van der Waals surface area (Å²) in [4.78, 5) is 15.6. The van der Waals surface area contributed by atoms with Crippen LogP contribution in [-0.2, 0) is 4.79 Å². The summed E-state index contributed by atoms with van der Waals surface area (Å²) in [7, 11) is 0. The molecule has 2 aliphatic carbocycles. The van der Waals surface area contributed by atoms with Crippen LogP contribution in [0.2, 0.25) is 0 Å². The van der Waals surface area contributed by atoms with Crippen molar-refractivity contribution in [3.8, 4) is 0 Å². The maximum Gasteiger partial charge on any atom is 0.352 e. The molecule has 2 fully saturated rings. The first-order chi connectivity index (χ1) is 9.58. The molecular weight excluding hydrogens is 252 g/mol. The van der Waals surface area contributed by atoms with Gasteiger partial charge in [0.05, 0.1) is 0 Å². The van der Waals surface area contributed by atoms with E-state index >= 15 is 0 Å². The maximum atomic E-state index is 10.9. The number of rotatable bonds is 4. The Bertz CT molecular complexity index is 418. The average molecular weight is 278 g/mol. The van der Waals surface area contributed by atoms with Gasteiger partial charge in [0, 0.05) is 17.8 Å². The van der Waals surface area contributed by atoms with Crippen molar-refractivity contribution in [2.75, 3.05) is 6.54 Å². The highest BCUT2D eigenvalue weighted by atomic mass is 16.4. The molecule has 4 nitrogen and oxygen atoms in total. The molecule has 112 valence electrons. The maximum absolute atomic E-state index is 10.9. The zero-order valence-corrected chi connectivity index (χ0v) is 12.4. The molecule has 0 unspecified atom stereocenters. The molecule has 0 saturated heterocycles. The Labute approximate surface area is 121 Å². The summed E-state index contributed by atoms with van der Waals surface area (Å²) in [5.41, 5.74) is 7.35. The van der Waals surface area contributed by atoms with Gasteiger partial charge in [-0.15, -0.1) is 0 Å². The van der Waals surface area contributed by atoms with Crippen molar-refractivity contribution in [3.63, 3.8) is 0 Å². The molecule has 0 bridgehead atoms. The molecule has 0 aromatic carbocycles. The SMILES string of the molecule is CC1CCC(CCN=C2CCC/C2=C(/N)C(=O)O)CC1. The molecule has 2 aliphatic rings. The number of carboxylic acid groups (broad SMARTS) is 1. The molecule has 3 N–H and O–H groups in total. The van der Waals surface area contributed by atoms with Crippen LogP contribution >= 0.6 is 0 Å². The largest absolute Gasteiger partial charge is 0.477 e. The van der Waals surface area contributed by atoms with Crippen LogP contribution in [0.4, 0.5) is 0 Å². The Morgan fingerprint density at radius 1 is 1.30 bits per heavy atom. The number of hydrogen-bond acceptors (Lipinski definition) is 3. The van der Waals surface area contributed by atoms with Gasteiger partial charge in [-0.05, 0) is 37.5 Å². The van der Waals surface area contributed by atoms with Crippen LogP contribution in [0.25, 0.3) is 0 Å². The monoisotopic (exact) mass is 278 g/mol. The van der Waals surface area contributed by atoms with E-state index in [-0.39, 0.29) is 5.70 Å². The third kappa shape index (κ3) is 3.84. The van der Waals surface area contributed by atoms with Gasteiger partial charge in [-0.3, -0.25) is 4.99 Å². The Kier molecular flexibility index (Phi) is 5.21. The Morgan fingerprint density at radius 2 is 2.00 bits per heavy atom. The molecule has 0 aliphatic heterocycles. The molecule has 2 saturated carbocycles. The Hall–Kier alpha value is -1.32. The van der Waals surface area contributed by atoms with Gasteiger partial charge in [0.1, 0.15) is 5.70 Å². The topological polar surface area (TPSA) is 75.7 Å². The minimum Gasteiger partial charge on any atom is -0.477 e. The standard InChI is InChI=1S/C16H26N2O2/c1-11-5-7-12(8-6-11)9-10-18-14-4-2-3-13(14)15(17)16(19)20/h11-12H,2-10,17H2,1H3,(H,19,20)/b15-13-,18-14?. The summed E-state index contributed by atoms with van der Waals surface area (Å²) in [5, 5.41) is 8.98. The van der Waals surface area contributed by atoms with Gasteiger partial charge < -0.3 is 10.8 Å². The van der Waals surface area contributed by atoms with E-state index in [1.165, 1.54) is 25.7 Å². The molecule has 4 heteroatoms. The van der Waals surface area contributed by atoms with Crippen LogP contribution in [0.15, 0.2) is 16.3 Å². The lowest BCUT2D eigenvalue weighted by Gasteiger charge is -2.25. The van der Waals surface area contributed by atoms with Crippen molar-refractivity contribution in [1.82, 2.24) is 0 Å². The van der Waals surface area contributed by atoms with Gasteiger partial charge in [-0.25, -0.2) is 4.79 Å². The number of hydrogen-bond donors (Lipinski definition) is 2. The summed E-state index contributed by atoms with van der Waals surface area (Å²) in [6.07, 6.45) is 9.09. The Balaban J connectivity index is 1.88. The van der Waals surface area contributed by atoms with E-state index in [0.29, 0.717) is 0 Å². The average Bonchev–Trinajstić information content (AvgIpc) is 2.88. The first kappa shape index (κ1) is 15.1. The summed E-state index contributed by atoms with van der Waals surface area (Å²) in [5.74, 6) is 0.675. The van der Waals surface area contributed by atoms with Crippen molar-refractivity contribution >= 4 is 11.7 Å². The predicted octanol–water partition coefficient (Wildman–Crippen LogP) is 3.13. The molecule has 2 rings (SSSR count). The fraction of sp³-hybridized carbons (Fsp3) is 0.750. The molecular formula is C16H26N2O2. The van der Waals surface area contributed by atoms with Gasteiger partial charge in [0.15, 0.2) is 0 Å². The highest BCUT2D eigenvalue weighted by molar-refractivity contribution is 6.07. The molecule has 0 spiro atoms. The van der Waals surface area contributed by atoms with Crippen molar-refractivity contribution in [3.05, 3.63) is 11.3 Å². The molecule has 0 heterocycles. The Morgan fingerprint density at radius 3 is 2.65 bits per heavy atom. The second kappa shape index (κ2) is 6.91. The molecule has 20 heavy (non-hydrogen) atoms. The number of nitrogens with two attached hydrogens (primary N) is 1. The molecule has 0 radical (unpaired) electrons. The predicted molar refractivity (Wildman–Crippen MR) is 80.7 cm³/mol. The van der Waals surface area contributed by atoms with E-state index in [4.69, 9.17) is 10.8 Å². The minimum atomic E-state index is -1.02. The van der Waals surface area contributed by atoms with Crippen LogP contribution in [0.5, 0.6) is 0 Å². The van der Waals surface area contributed by atoms with Crippen molar-refractivity contribution in [2.24, 2.45) is 22.6 Å². The lowest BCUT2D eigenvalue weighted by Crippen LogP contribution is -2.16. The van der Waals surface area contributed by atoms with Crippen LogP contribution < -0.4 is 5.73 Å². The van der Waals surface area contributed by atoms with E-state index in [2.05, 4.69) is 11.9 Å². The lowest BCUT2D eigenvalue weighted by molar-refractivity contribution is -0.132. The van der Waals surface area contributed by atoms with E-state index in [9.17, 15) is 4.79 Å². The highest BCUT2D eigenvalue weighted by Crippen LogP contribution is 2.30. The second-order valence-electron chi connectivity index (χ2n) is 6.29. The van der Waals surface area contributed by atoms with E-state index in [1.807, 2.05) is 0 Å². The quantitative estimate of drug-likeness (QED) is 0.776. The van der Waals surface area contributed by atoms with Crippen molar-refractivity contribution < 1.29 is 9.90 Å². The van der Waals surface area contributed by atoms with Crippen LogP contribution in [0, 0.1) is 11.8 Å². The number of carbonyl (C=O) groups is 1. The molecule has 0 aromatic heterocycles. The van der Waals surface area contributed by atoms with E-state index in [0.717, 1.165) is 55.3 Å². The minimum absolute atomic E-state index is 0.00672. The fourth-order valence-corrected chi connectivity index (χ4v) is 3.32. The summed E-state index contributed by atoms with van der Waals surface area (Å²) in [6, 6.07) is 0. The first-order valence-electron chi connectivity index (χ1n) is 7.83. The lowest BCUT2D eigenvalue weighted by atomic mass is 9.81. The van der Waals surface area contributed by atoms with E-state index < -0.39 is 5.97 Å². The zero-order valence-electron chi connectivity index (χ0n) is 12.4. The fourth-order valence-electron chi connectivity index (χ4n) is 3.32. The van der Waals surface area contributed by atoms with Gasteiger partial charge in [0.25, 0.3) is 0 Å². The number of carboxylic acids is 1. The summed E-state index contributed by atoms with van der Waals surface area (Å²) in [6.45, 7) is 3.16. The van der Waals surface area contributed by atoms with Gasteiger partial charge in [-0.1, -0.05) is 32.6 Å². The molecule has 0 aromatic rings. The number of nitrogens with zero attached hydrogens (tertiary/aromatic N) is 1. The van der Waals surface area contributed by atoms with Crippen LogP contribution in [-0.4, -0.2) is 23.3 Å². The van der Waals surface area contributed by atoms with Gasteiger partial charge in [0.2, 0.25) is 0 Å². The van der Waals surface area contributed by atoms with Crippen molar-refractivity contribution in [1.29, 1.82) is 0 Å². The van der Waals surface area contributed by atoms with Crippen LogP contribution in [0.3, 0.4) is 0 Å². The summed E-state index contributed by atoms with van der Waals surface area (Å²) >= 11 is 0. The van der Waals surface area contributed by atoms with Gasteiger partial charge in [-0.2, -0.15) is 0 Å². The third-order valence-corrected chi connectivity index (χ3v) is 4.72. The number of allylic oxidation sites excluding steroid dienone is 1. The summed E-state index contributed by atoms with van der Waals surface area (Å²) < 4.78 is 0. The first-order valence-corrected chi connectivity index (χ1v) is 7.83.